The van der Waals surface area contributed by atoms with Gasteiger partial charge in [0, 0.05) is 57.6 Å². The summed E-state index contributed by atoms with van der Waals surface area (Å²) in [5.41, 5.74) is 0. The second-order valence-electron chi connectivity index (χ2n) is 6.95. The van der Waals surface area contributed by atoms with Crippen molar-refractivity contribution >= 4 is 10.0 Å². The van der Waals surface area contributed by atoms with E-state index >= 15 is 0 Å². The second-order valence-corrected chi connectivity index (χ2v) is 8.86. The van der Waals surface area contributed by atoms with Crippen LogP contribution in [0.25, 0.3) is 0 Å². The zero-order valence-electron chi connectivity index (χ0n) is 15.5. The van der Waals surface area contributed by atoms with Crippen molar-refractivity contribution in [2.75, 3.05) is 32.7 Å². The molecule has 1 aliphatic rings. The molecule has 1 aromatic carbocycles. The van der Waals surface area contributed by atoms with Gasteiger partial charge in [-0.05, 0) is 18.2 Å². The van der Waals surface area contributed by atoms with Gasteiger partial charge in [-0.1, -0.05) is 13.8 Å². The smallest absolute Gasteiger partial charge is 0.246 e. The van der Waals surface area contributed by atoms with Crippen LogP contribution in [0.2, 0.25) is 0 Å². The van der Waals surface area contributed by atoms with Crippen LogP contribution in [0.5, 0.6) is 0 Å². The first-order valence-corrected chi connectivity index (χ1v) is 10.4. The molecule has 1 aromatic heterocycles. The van der Waals surface area contributed by atoms with E-state index in [9.17, 15) is 17.2 Å². The zero-order valence-corrected chi connectivity index (χ0v) is 16.3. The maximum Gasteiger partial charge on any atom is 0.246 e. The van der Waals surface area contributed by atoms with Crippen molar-refractivity contribution in [3.05, 3.63) is 48.1 Å². The van der Waals surface area contributed by atoms with Gasteiger partial charge in [0.25, 0.3) is 0 Å². The summed E-state index contributed by atoms with van der Waals surface area (Å²) in [6.45, 7) is 7.32. The minimum absolute atomic E-state index is 0.249. The molecule has 2 aromatic rings. The van der Waals surface area contributed by atoms with E-state index in [0.717, 1.165) is 37.1 Å². The molecule has 0 atom stereocenters. The largest absolute Gasteiger partial charge is 0.333 e. The Labute approximate surface area is 158 Å². The number of imidazole rings is 1. The predicted octanol–water partition coefficient (Wildman–Crippen LogP) is 2.29. The third kappa shape index (κ3) is 4.36. The molecule has 9 heteroatoms. The summed E-state index contributed by atoms with van der Waals surface area (Å²) in [7, 11) is -4.04. The van der Waals surface area contributed by atoms with Crippen LogP contribution in [0, 0.1) is 11.6 Å². The number of rotatable bonds is 6. The highest BCUT2D eigenvalue weighted by atomic mass is 32.2. The van der Waals surface area contributed by atoms with Crippen LogP contribution in [-0.4, -0.2) is 59.9 Å². The Morgan fingerprint density at radius 1 is 1.11 bits per heavy atom. The van der Waals surface area contributed by atoms with E-state index in [-0.39, 0.29) is 13.1 Å². The highest BCUT2D eigenvalue weighted by Crippen LogP contribution is 2.22. The lowest BCUT2D eigenvalue weighted by molar-refractivity contribution is 0.182. The van der Waals surface area contributed by atoms with E-state index in [2.05, 4.69) is 28.3 Å². The van der Waals surface area contributed by atoms with Gasteiger partial charge < -0.3 is 4.57 Å². The van der Waals surface area contributed by atoms with Crippen molar-refractivity contribution in [2.24, 2.45) is 0 Å². The fraction of sp³-hybridized carbons (Fsp3) is 0.500. The summed E-state index contributed by atoms with van der Waals surface area (Å²) in [4.78, 5) is 5.93. The lowest BCUT2D eigenvalue weighted by Gasteiger charge is -2.34. The first-order valence-electron chi connectivity index (χ1n) is 8.97. The van der Waals surface area contributed by atoms with E-state index in [1.807, 2.05) is 6.20 Å². The number of benzene rings is 1. The molecule has 0 bridgehead atoms. The number of piperazine rings is 1. The van der Waals surface area contributed by atoms with Gasteiger partial charge in [-0.15, -0.1) is 0 Å². The Morgan fingerprint density at radius 3 is 2.48 bits per heavy atom. The van der Waals surface area contributed by atoms with Crippen LogP contribution < -0.4 is 0 Å². The molecule has 27 heavy (non-hydrogen) atoms. The molecule has 0 radical (unpaired) electrons. The van der Waals surface area contributed by atoms with Crippen LogP contribution in [0.15, 0.2) is 35.5 Å². The van der Waals surface area contributed by atoms with Gasteiger partial charge in [0.2, 0.25) is 10.0 Å². The highest BCUT2D eigenvalue weighted by Gasteiger charge is 2.31. The summed E-state index contributed by atoms with van der Waals surface area (Å²) in [5, 5.41) is 0. The molecular weight excluding hydrogens is 374 g/mol. The molecule has 0 saturated carbocycles. The van der Waals surface area contributed by atoms with Gasteiger partial charge >= 0.3 is 0 Å². The maximum atomic E-state index is 13.9. The van der Waals surface area contributed by atoms with Gasteiger partial charge in [0.15, 0.2) is 0 Å². The second kappa shape index (κ2) is 8.04. The number of nitrogens with zero attached hydrogens (tertiary/aromatic N) is 4. The third-order valence-electron chi connectivity index (χ3n) is 4.76. The van der Waals surface area contributed by atoms with E-state index in [0.29, 0.717) is 19.0 Å². The molecule has 148 valence electrons. The molecule has 0 aliphatic carbocycles. The fourth-order valence-corrected chi connectivity index (χ4v) is 4.77. The average Bonchev–Trinajstić information content (AvgIpc) is 3.11. The minimum atomic E-state index is -4.04. The van der Waals surface area contributed by atoms with Crippen molar-refractivity contribution in [2.45, 2.75) is 31.2 Å². The standard InChI is InChI=1S/C18H24F2N4O2S/c1-14(2)18-21-5-6-23(18)10-7-22-8-11-24(12-9-22)27(25,26)17-13-15(19)3-4-16(17)20/h3-6,13-14H,7-12H2,1-2H3. The van der Waals surface area contributed by atoms with Crippen molar-refractivity contribution < 1.29 is 17.2 Å². The SMILES string of the molecule is CC(C)c1nccn1CCN1CCN(S(=O)(=O)c2cc(F)ccc2F)CC1. The Hall–Kier alpha value is -1.84. The van der Waals surface area contributed by atoms with E-state index in [4.69, 9.17) is 0 Å². The van der Waals surface area contributed by atoms with Gasteiger partial charge in [-0.25, -0.2) is 22.2 Å². The Morgan fingerprint density at radius 2 is 1.81 bits per heavy atom. The number of halogens is 2. The molecule has 0 spiro atoms. The van der Waals surface area contributed by atoms with Crippen molar-refractivity contribution in [1.82, 2.24) is 18.8 Å². The van der Waals surface area contributed by atoms with Crippen LogP contribution in [-0.2, 0) is 16.6 Å². The molecular formula is C18H24F2N4O2S. The summed E-state index contributed by atoms with van der Waals surface area (Å²) >= 11 is 0. The molecule has 0 N–H and O–H groups in total. The van der Waals surface area contributed by atoms with E-state index in [1.165, 1.54) is 4.31 Å². The number of sulfonamides is 1. The normalized spacial score (nSPS) is 16.9. The van der Waals surface area contributed by atoms with Crippen molar-refractivity contribution in [3.8, 4) is 0 Å². The fourth-order valence-electron chi connectivity index (χ4n) is 3.27. The topological polar surface area (TPSA) is 58.4 Å². The monoisotopic (exact) mass is 398 g/mol. The van der Waals surface area contributed by atoms with Crippen LogP contribution >= 0.6 is 0 Å². The average molecular weight is 398 g/mol. The number of aromatic nitrogens is 2. The van der Waals surface area contributed by atoms with Gasteiger partial charge in [0.05, 0.1) is 0 Å². The van der Waals surface area contributed by atoms with Gasteiger partial charge in [-0.2, -0.15) is 4.31 Å². The molecule has 6 nitrogen and oxygen atoms in total. The van der Waals surface area contributed by atoms with E-state index < -0.39 is 26.6 Å². The highest BCUT2D eigenvalue weighted by molar-refractivity contribution is 7.89. The van der Waals surface area contributed by atoms with Crippen molar-refractivity contribution in [1.29, 1.82) is 0 Å². The van der Waals surface area contributed by atoms with Crippen LogP contribution in [0.4, 0.5) is 8.78 Å². The van der Waals surface area contributed by atoms with Crippen molar-refractivity contribution in [3.63, 3.8) is 0 Å². The first kappa shape index (κ1) is 19.9. The van der Waals surface area contributed by atoms with Crippen LogP contribution in [0.3, 0.4) is 0 Å². The Kier molecular flexibility index (Phi) is 5.92. The van der Waals surface area contributed by atoms with Gasteiger partial charge in [-0.3, -0.25) is 4.90 Å². The Bertz CT molecular complexity index is 891. The number of hydrogen-bond donors (Lipinski definition) is 0. The third-order valence-corrected chi connectivity index (χ3v) is 6.68. The zero-order chi connectivity index (χ0) is 19.6. The molecule has 1 aliphatic heterocycles. The molecule has 3 rings (SSSR count). The minimum Gasteiger partial charge on any atom is -0.333 e. The molecule has 1 fully saturated rings. The molecule has 2 heterocycles. The predicted molar refractivity (Wildman–Crippen MR) is 97.9 cm³/mol. The Balaban J connectivity index is 1.60. The summed E-state index contributed by atoms with van der Waals surface area (Å²) < 4.78 is 55.8. The molecule has 1 saturated heterocycles. The van der Waals surface area contributed by atoms with E-state index in [1.54, 1.807) is 6.20 Å². The molecule has 0 unspecified atom stereocenters. The molecule has 0 amide bonds. The number of hydrogen-bond acceptors (Lipinski definition) is 4. The summed E-state index contributed by atoms with van der Waals surface area (Å²) in [6.07, 6.45) is 3.73. The summed E-state index contributed by atoms with van der Waals surface area (Å²) in [5.74, 6) is -0.337. The quantitative estimate of drug-likeness (QED) is 0.749. The van der Waals surface area contributed by atoms with Gasteiger partial charge in [0.1, 0.15) is 22.4 Å². The lowest BCUT2D eigenvalue weighted by Crippen LogP contribution is -2.49. The maximum absolute atomic E-state index is 13.9. The van der Waals surface area contributed by atoms with Crippen LogP contribution in [0.1, 0.15) is 25.6 Å². The summed E-state index contributed by atoms with van der Waals surface area (Å²) in [6, 6.07) is 2.49. The lowest BCUT2D eigenvalue weighted by atomic mass is 10.2. The first-order chi connectivity index (χ1) is 12.8.